The van der Waals surface area contributed by atoms with Gasteiger partial charge in [0.25, 0.3) is 0 Å². The summed E-state index contributed by atoms with van der Waals surface area (Å²) in [7, 11) is 0. The third-order valence-electron chi connectivity index (χ3n) is 3.87. The summed E-state index contributed by atoms with van der Waals surface area (Å²) in [5.74, 6) is 0.230. The van der Waals surface area contributed by atoms with Crippen LogP contribution >= 0.6 is 0 Å². The normalized spacial score (nSPS) is 16.8. The molecule has 100 valence electrons. The average Bonchev–Trinajstić information content (AvgIpc) is 2.93. The van der Waals surface area contributed by atoms with Crippen LogP contribution in [0, 0.1) is 0 Å². The fourth-order valence-electron chi connectivity index (χ4n) is 2.70. The van der Waals surface area contributed by atoms with E-state index in [1.807, 2.05) is 18.2 Å². The molecule has 0 saturated carbocycles. The average molecular weight is 257 g/mol. The fraction of sp³-hybridized carbons (Fsp3) is 0.467. The van der Waals surface area contributed by atoms with Crippen molar-refractivity contribution in [2.24, 2.45) is 0 Å². The molecule has 3 rings (SSSR count). The Labute approximate surface area is 112 Å². The molecule has 0 spiro atoms. The molecule has 4 heteroatoms. The van der Waals surface area contributed by atoms with Gasteiger partial charge < -0.3 is 4.90 Å². The van der Waals surface area contributed by atoms with E-state index in [1.54, 1.807) is 6.20 Å². The number of aromatic amines is 1. The number of hydrogen-bond donors (Lipinski definition) is 1. The van der Waals surface area contributed by atoms with Crippen molar-refractivity contribution >= 4 is 16.7 Å². The van der Waals surface area contributed by atoms with Crippen LogP contribution in [0.1, 0.15) is 36.0 Å². The number of hydrogen-bond acceptors (Lipinski definition) is 3. The second-order valence-corrected chi connectivity index (χ2v) is 5.25. The van der Waals surface area contributed by atoms with Crippen molar-refractivity contribution in [1.29, 1.82) is 0 Å². The molecule has 0 bridgehead atoms. The number of aromatic nitrogens is 2. The number of piperidine rings is 1. The standard InChI is InChI=1S/C15H19N3O/c19-15(6-9-18-7-2-1-3-8-18)12-4-5-14-13(10-12)11-16-17-14/h4-5,10-11H,1-3,6-9H2,(H,16,17). The van der Waals surface area contributed by atoms with Crippen molar-refractivity contribution in [1.82, 2.24) is 15.1 Å². The van der Waals surface area contributed by atoms with Gasteiger partial charge in [0.05, 0.1) is 11.7 Å². The zero-order valence-electron chi connectivity index (χ0n) is 11.1. The number of carbonyl (C=O) groups excluding carboxylic acids is 1. The predicted molar refractivity (Wildman–Crippen MR) is 75.3 cm³/mol. The van der Waals surface area contributed by atoms with Crippen LogP contribution < -0.4 is 0 Å². The summed E-state index contributed by atoms with van der Waals surface area (Å²) in [4.78, 5) is 14.6. The molecule has 1 aromatic heterocycles. The van der Waals surface area contributed by atoms with E-state index < -0.39 is 0 Å². The third-order valence-corrected chi connectivity index (χ3v) is 3.87. The van der Waals surface area contributed by atoms with Crippen molar-refractivity contribution in [2.75, 3.05) is 19.6 Å². The van der Waals surface area contributed by atoms with Crippen LogP contribution in [-0.4, -0.2) is 40.5 Å². The molecule has 1 aliphatic rings. The lowest BCUT2D eigenvalue weighted by Gasteiger charge is -2.25. The molecule has 4 nitrogen and oxygen atoms in total. The van der Waals surface area contributed by atoms with E-state index in [-0.39, 0.29) is 5.78 Å². The van der Waals surface area contributed by atoms with Crippen LogP contribution in [0.2, 0.25) is 0 Å². The molecule has 1 saturated heterocycles. The first-order valence-electron chi connectivity index (χ1n) is 7.01. The number of Topliss-reactive ketones (excluding diaryl/α,β-unsaturated/α-hetero) is 1. The number of carbonyl (C=O) groups is 1. The van der Waals surface area contributed by atoms with E-state index in [0.29, 0.717) is 6.42 Å². The Bertz CT molecular complexity index is 570. The number of nitrogens with zero attached hydrogens (tertiary/aromatic N) is 2. The van der Waals surface area contributed by atoms with E-state index in [4.69, 9.17) is 0 Å². The highest BCUT2D eigenvalue weighted by molar-refractivity contribution is 5.99. The van der Waals surface area contributed by atoms with E-state index in [1.165, 1.54) is 19.3 Å². The molecule has 0 amide bonds. The fourth-order valence-corrected chi connectivity index (χ4v) is 2.70. The molecule has 1 aromatic carbocycles. The van der Waals surface area contributed by atoms with Crippen molar-refractivity contribution in [3.63, 3.8) is 0 Å². The smallest absolute Gasteiger partial charge is 0.164 e. The van der Waals surface area contributed by atoms with Crippen molar-refractivity contribution < 1.29 is 4.79 Å². The van der Waals surface area contributed by atoms with Crippen LogP contribution in [-0.2, 0) is 0 Å². The number of ketones is 1. The molecule has 0 radical (unpaired) electrons. The largest absolute Gasteiger partial charge is 0.303 e. The second-order valence-electron chi connectivity index (χ2n) is 5.25. The summed E-state index contributed by atoms with van der Waals surface area (Å²) >= 11 is 0. The molecule has 0 aliphatic carbocycles. The van der Waals surface area contributed by atoms with Crippen molar-refractivity contribution in [2.45, 2.75) is 25.7 Å². The topological polar surface area (TPSA) is 49.0 Å². The van der Waals surface area contributed by atoms with Gasteiger partial charge in [0.15, 0.2) is 5.78 Å². The molecular formula is C15H19N3O. The maximum Gasteiger partial charge on any atom is 0.164 e. The summed E-state index contributed by atoms with van der Waals surface area (Å²) in [6.07, 6.45) is 6.26. The van der Waals surface area contributed by atoms with Gasteiger partial charge in [0.1, 0.15) is 0 Å². The van der Waals surface area contributed by atoms with Crippen LogP contribution in [0.5, 0.6) is 0 Å². The zero-order chi connectivity index (χ0) is 13.1. The number of benzene rings is 1. The lowest BCUT2D eigenvalue weighted by atomic mass is 10.1. The van der Waals surface area contributed by atoms with Gasteiger partial charge in [-0.1, -0.05) is 6.42 Å². The van der Waals surface area contributed by atoms with E-state index in [0.717, 1.165) is 36.1 Å². The molecule has 1 aliphatic heterocycles. The quantitative estimate of drug-likeness (QED) is 0.857. The van der Waals surface area contributed by atoms with Gasteiger partial charge in [-0.15, -0.1) is 0 Å². The summed E-state index contributed by atoms with van der Waals surface area (Å²) in [6.45, 7) is 3.18. The first-order chi connectivity index (χ1) is 9.33. The van der Waals surface area contributed by atoms with Crippen LogP contribution in [0.4, 0.5) is 0 Å². The maximum absolute atomic E-state index is 12.2. The Hall–Kier alpha value is -1.68. The third kappa shape index (κ3) is 2.84. The SMILES string of the molecule is O=C(CCN1CCCCC1)c1ccc2[nH]ncc2c1. The first kappa shape index (κ1) is 12.4. The molecule has 0 unspecified atom stereocenters. The molecule has 2 aromatic rings. The minimum atomic E-state index is 0.230. The second kappa shape index (κ2) is 5.53. The van der Waals surface area contributed by atoms with Crippen molar-refractivity contribution in [3.8, 4) is 0 Å². The molecule has 1 fully saturated rings. The van der Waals surface area contributed by atoms with Gasteiger partial charge >= 0.3 is 0 Å². The summed E-state index contributed by atoms with van der Waals surface area (Å²) in [5, 5.41) is 7.88. The van der Waals surface area contributed by atoms with Gasteiger partial charge in [-0.3, -0.25) is 9.89 Å². The lowest BCUT2D eigenvalue weighted by molar-refractivity contribution is 0.0959. The number of rotatable bonds is 4. The zero-order valence-corrected chi connectivity index (χ0v) is 11.1. The Balaban J connectivity index is 1.62. The minimum Gasteiger partial charge on any atom is -0.303 e. The van der Waals surface area contributed by atoms with Gasteiger partial charge in [-0.2, -0.15) is 5.10 Å². The van der Waals surface area contributed by atoms with Gasteiger partial charge in [0.2, 0.25) is 0 Å². The highest BCUT2D eigenvalue weighted by Gasteiger charge is 2.13. The lowest BCUT2D eigenvalue weighted by Crippen LogP contribution is -2.31. The number of fused-ring (bicyclic) bond motifs is 1. The summed E-state index contributed by atoms with van der Waals surface area (Å²) in [5.41, 5.74) is 1.78. The van der Waals surface area contributed by atoms with Crippen LogP contribution in [0.15, 0.2) is 24.4 Å². The first-order valence-corrected chi connectivity index (χ1v) is 7.01. The highest BCUT2D eigenvalue weighted by Crippen LogP contribution is 2.15. The van der Waals surface area contributed by atoms with Crippen LogP contribution in [0.3, 0.4) is 0 Å². The minimum absolute atomic E-state index is 0.230. The Morgan fingerprint density at radius 2 is 2.11 bits per heavy atom. The van der Waals surface area contributed by atoms with Crippen LogP contribution in [0.25, 0.3) is 10.9 Å². The molecule has 2 heterocycles. The monoisotopic (exact) mass is 257 g/mol. The predicted octanol–water partition coefficient (Wildman–Crippen LogP) is 2.62. The van der Waals surface area contributed by atoms with Crippen molar-refractivity contribution in [3.05, 3.63) is 30.0 Å². The number of nitrogens with one attached hydrogen (secondary N) is 1. The Morgan fingerprint density at radius 1 is 1.26 bits per heavy atom. The van der Waals surface area contributed by atoms with E-state index in [2.05, 4.69) is 15.1 Å². The molecule has 0 atom stereocenters. The van der Waals surface area contributed by atoms with Gasteiger partial charge in [-0.25, -0.2) is 0 Å². The molecule has 1 N–H and O–H groups in total. The maximum atomic E-state index is 12.2. The van der Waals surface area contributed by atoms with E-state index in [9.17, 15) is 4.79 Å². The number of H-pyrrole nitrogens is 1. The Morgan fingerprint density at radius 3 is 2.95 bits per heavy atom. The molecular weight excluding hydrogens is 238 g/mol. The van der Waals surface area contributed by atoms with E-state index >= 15 is 0 Å². The van der Waals surface area contributed by atoms with Gasteiger partial charge in [-0.05, 0) is 44.1 Å². The molecule has 19 heavy (non-hydrogen) atoms. The number of likely N-dealkylation sites (tertiary alicyclic amines) is 1. The highest BCUT2D eigenvalue weighted by atomic mass is 16.1. The summed E-state index contributed by atoms with van der Waals surface area (Å²) in [6, 6.07) is 5.74. The van der Waals surface area contributed by atoms with Gasteiger partial charge in [0, 0.05) is 23.9 Å². The summed E-state index contributed by atoms with van der Waals surface area (Å²) < 4.78 is 0. The Kier molecular flexibility index (Phi) is 3.60.